The zero-order chi connectivity index (χ0) is 25.9. The van der Waals surface area contributed by atoms with E-state index in [9.17, 15) is 14.4 Å². The molecule has 2 N–H and O–H groups in total. The van der Waals surface area contributed by atoms with Gasteiger partial charge in [0.2, 0.25) is 5.91 Å². The lowest BCUT2D eigenvalue weighted by Crippen LogP contribution is -2.67. The number of fused-ring (bicyclic) bond motifs is 1. The number of hydrogen-bond donors (Lipinski definition) is 2. The molecule has 0 spiro atoms. The maximum absolute atomic E-state index is 13.7. The number of carbonyl (C=O) groups excluding carboxylic acids is 3. The summed E-state index contributed by atoms with van der Waals surface area (Å²) in [7, 11) is 0. The number of aromatic nitrogens is 2. The van der Waals surface area contributed by atoms with Gasteiger partial charge in [0.25, 0.3) is 11.9 Å². The standard InChI is InChI=1S/C25H33BN5O5/c1-16(2)12-22(26-31(17(3)15-35-26)18(4)25(34)36-26)30-23(32)20(13-19-8-6-5-7-9-19)29-24(33)21-14-27-10-11-28-21/h5-11,14,16-18,20,22H,12-13,15H2,1-4H3,(H,29,33)(H,30,32)/q-1/t17-,18+,20-,22-,26?/m0/s1. The number of nitrogens with one attached hydrogen (secondary N) is 2. The van der Waals surface area contributed by atoms with Crippen LogP contribution in [0.3, 0.4) is 0 Å². The largest absolute Gasteiger partial charge is 0.651 e. The molecule has 2 amide bonds. The minimum atomic E-state index is -2.23. The lowest BCUT2D eigenvalue weighted by atomic mass is 9.59. The van der Waals surface area contributed by atoms with Crippen molar-refractivity contribution in [2.24, 2.45) is 5.92 Å². The van der Waals surface area contributed by atoms with Crippen LogP contribution in [0.1, 0.15) is 50.2 Å². The third kappa shape index (κ3) is 5.27. The van der Waals surface area contributed by atoms with Crippen molar-refractivity contribution in [3.05, 3.63) is 60.2 Å². The molecule has 36 heavy (non-hydrogen) atoms. The van der Waals surface area contributed by atoms with Crippen LogP contribution in [0.4, 0.5) is 0 Å². The average molecular weight is 494 g/mol. The van der Waals surface area contributed by atoms with E-state index in [1.807, 2.05) is 55.9 Å². The van der Waals surface area contributed by atoms with Crippen LogP contribution in [-0.2, 0) is 25.3 Å². The van der Waals surface area contributed by atoms with E-state index in [0.29, 0.717) is 13.0 Å². The average Bonchev–Trinajstić information content (AvgIpc) is 3.33. The van der Waals surface area contributed by atoms with Crippen molar-refractivity contribution in [2.75, 3.05) is 6.61 Å². The predicted octanol–water partition coefficient (Wildman–Crippen LogP) is 1.49. The highest BCUT2D eigenvalue weighted by atomic mass is 16.7. The molecule has 11 heteroatoms. The minimum absolute atomic E-state index is 0.0329. The Kier molecular flexibility index (Phi) is 7.70. The van der Waals surface area contributed by atoms with E-state index in [4.69, 9.17) is 9.31 Å². The molecule has 2 aliphatic rings. The van der Waals surface area contributed by atoms with Gasteiger partial charge in [-0.15, -0.1) is 0 Å². The summed E-state index contributed by atoms with van der Waals surface area (Å²) in [4.78, 5) is 49.1. The first-order valence-electron chi connectivity index (χ1n) is 12.4. The molecule has 0 radical (unpaired) electrons. The van der Waals surface area contributed by atoms with Gasteiger partial charge in [0.1, 0.15) is 11.7 Å². The van der Waals surface area contributed by atoms with Gasteiger partial charge in [-0.25, -0.2) is 4.98 Å². The molecule has 2 saturated heterocycles. The maximum Gasteiger partial charge on any atom is 0.396 e. The molecule has 0 aliphatic carbocycles. The molecule has 2 fully saturated rings. The van der Waals surface area contributed by atoms with Crippen molar-refractivity contribution >= 4 is 24.5 Å². The number of amides is 2. The van der Waals surface area contributed by atoms with Gasteiger partial charge in [-0.1, -0.05) is 57.5 Å². The Hall–Kier alpha value is -3.31. The second-order valence-electron chi connectivity index (χ2n) is 10.0. The van der Waals surface area contributed by atoms with Crippen LogP contribution in [0.5, 0.6) is 0 Å². The molecule has 1 aromatic heterocycles. The third-order valence-electron chi connectivity index (χ3n) is 6.84. The second kappa shape index (κ2) is 10.8. The fraction of sp³-hybridized carbons (Fsp3) is 0.480. The Balaban J connectivity index is 1.60. The van der Waals surface area contributed by atoms with Crippen LogP contribution in [-0.4, -0.2) is 69.9 Å². The number of benzene rings is 1. The second-order valence-corrected chi connectivity index (χ2v) is 10.0. The molecule has 10 nitrogen and oxygen atoms in total. The summed E-state index contributed by atoms with van der Waals surface area (Å²) in [5.41, 5.74) is 0.997. The summed E-state index contributed by atoms with van der Waals surface area (Å²) in [6.45, 7) is 6.01. The molecule has 1 unspecified atom stereocenters. The van der Waals surface area contributed by atoms with Crippen LogP contribution in [0.25, 0.3) is 0 Å². The molecule has 2 aliphatic heterocycles. The zero-order valence-corrected chi connectivity index (χ0v) is 21.1. The van der Waals surface area contributed by atoms with Crippen molar-refractivity contribution in [2.45, 2.75) is 64.6 Å². The molecular weight excluding hydrogens is 461 g/mol. The van der Waals surface area contributed by atoms with Gasteiger partial charge in [-0.05, 0) is 30.4 Å². The molecule has 192 valence electrons. The smallest absolute Gasteiger partial charge is 0.396 e. The van der Waals surface area contributed by atoms with Crippen molar-refractivity contribution in [1.82, 2.24) is 25.4 Å². The van der Waals surface area contributed by atoms with Gasteiger partial charge in [-0.2, -0.15) is 0 Å². The molecule has 5 atom stereocenters. The number of hydrogen-bond acceptors (Lipinski definition) is 8. The summed E-state index contributed by atoms with van der Waals surface area (Å²) in [5.74, 6) is -1.65. The van der Waals surface area contributed by atoms with Gasteiger partial charge >= 0.3 is 6.69 Å². The molecular formula is C25H33BN5O5-. The van der Waals surface area contributed by atoms with Crippen molar-refractivity contribution < 1.29 is 23.7 Å². The lowest BCUT2D eigenvalue weighted by molar-refractivity contribution is -0.136. The van der Waals surface area contributed by atoms with E-state index in [2.05, 4.69) is 20.6 Å². The van der Waals surface area contributed by atoms with Crippen molar-refractivity contribution in [3.8, 4) is 0 Å². The molecule has 1 aromatic carbocycles. The normalized spacial score (nSPS) is 25.2. The Morgan fingerprint density at radius 1 is 1.17 bits per heavy atom. The Morgan fingerprint density at radius 3 is 2.58 bits per heavy atom. The van der Waals surface area contributed by atoms with Gasteiger partial charge in [-0.3, -0.25) is 19.4 Å². The van der Waals surface area contributed by atoms with Gasteiger partial charge < -0.3 is 24.8 Å². The van der Waals surface area contributed by atoms with Gasteiger partial charge in [0.15, 0.2) is 0 Å². The fourth-order valence-corrected chi connectivity index (χ4v) is 5.22. The van der Waals surface area contributed by atoms with E-state index in [1.54, 1.807) is 6.92 Å². The van der Waals surface area contributed by atoms with Gasteiger partial charge in [0.05, 0.1) is 12.2 Å². The molecule has 0 bridgehead atoms. The highest BCUT2D eigenvalue weighted by molar-refractivity contribution is 6.70. The van der Waals surface area contributed by atoms with Crippen LogP contribution in [0, 0.1) is 5.92 Å². The minimum Gasteiger partial charge on any atom is -0.651 e. The van der Waals surface area contributed by atoms with Crippen LogP contribution in [0.15, 0.2) is 48.9 Å². The molecule has 3 heterocycles. The summed E-state index contributed by atoms with van der Waals surface area (Å²) < 4.78 is 12.0. The predicted molar refractivity (Wildman–Crippen MR) is 133 cm³/mol. The van der Waals surface area contributed by atoms with Gasteiger partial charge in [0, 0.05) is 25.4 Å². The topological polar surface area (TPSA) is 123 Å². The first kappa shape index (κ1) is 25.8. The molecule has 2 aromatic rings. The number of carbonyl (C=O) groups is 3. The summed E-state index contributed by atoms with van der Waals surface area (Å²) in [6.07, 6.45) is 5.04. The van der Waals surface area contributed by atoms with Crippen molar-refractivity contribution in [3.63, 3.8) is 0 Å². The number of nitrogens with zero attached hydrogens (tertiary/aromatic N) is 3. The van der Waals surface area contributed by atoms with E-state index < -0.39 is 36.5 Å². The molecule has 4 rings (SSSR count). The van der Waals surface area contributed by atoms with Crippen LogP contribution < -0.4 is 10.6 Å². The third-order valence-corrected chi connectivity index (χ3v) is 6.84. The quantitative estimate of drug-likeness (QED) is 0.503. The highest BCUT2D eigenvalue weighted by Crippen LogP contribution is 2.37. The Morgan fingerprint density at radius 2 is 1.92 bits per heavy atom. The van der Waals surface area contributed by atoms with Crippen LogP contribution in [0.2, 0.25) is 0 Å². The summed E-state index contributed by atoms with van der Waals surface area (Å²) in [6, 6.07) is 8.04. The van der Waals surface area contributed by atoms with Crippen LogP contribution >= 0.6 is 0 Å². The Labute approximate surface area is 211 Å². The number of rotatable bonds is 9. The maximum atomic E-state index is 13.7. The van der Waals surface area contributed by atoms with E-state index in [-0.39, 0.29) is 30.0 Å². The van der Waals surface area contributed by atoms with Crippen molar-refractivity contribution in [1.29, 1.82) is 0 Å². The summed E-state index contributed by atoms with van der Waals surface area (Å²) in [5, 5.41) is 5.89. The van der Waals surface area contributed by atoms with E-state index in [0.717, 1.165) is 5.56 Å². The van der Waals surface area contributed by atoms with E-state index >= 15 is 0 Å². The zero-order valence-electron chi connectivity index (χ0n) is 21.1. The summed E-state index contributed by atoms with van der Waals surface area (Å²) >= 11 is 0. The first-order valence-corrected chi connectivity index (χ1v) is 12.4. The Bertz CT molecular complexity index is 1090. The highest BCUT2D eigenvalue weighted by Gasteiger charge is 2.58. The lowest BCUT2D eigenvalue weighted by Gasteiger charge is -2.45. The fourth-order valence-electron chi connectivity index (χ4n) is 5.22. The molecule has 0 saturated carbocycles. The first-order chi connectivity index (χ1) is 17.2. The monoisotopic (exact) mass is 494 g/mol. The van der Waals surface area contributed by atoms with E-state index in [1.165, 1.54) is 18.6 Å². The SMILES string of the molecule is CC(C)C[C@H](NC(=O)[C@H](Cc1ccccc1)NC(=O)c1cnccn1)[B-]12OC[C@H](C)N1[C@H](C)C(=O)O2.